The van der Waals surface area contributed by atoms with Gasteiger partial charge in [0.15, 0.2) is 0 Å². The van der Waals surface area contributed by atoms with Crippen LogP contribution in [0.4, 0.5) is 17.1 Å². The maximum atomic E-state index is 5.47. The predicted molar refractivity (Wildman–Crippen MR) is 199 cm³/mol. The van der Waals surface area contributed by atoms with E-state index in [0.29, 0.717) is 0 Å². The highest BCUT2D eigenvalue weighted by Crippen LogP contribution is 2.58. The number of aliphatic imine (C=N–C) groups is 1. The molecule has 7 aromatic rings. The number of benzene rings is 6. The molecule has 1 N–H and O–H groups in total. The van der Waals surface area contributed by atoms with Crippen LogP contribution in [0.15, 0.2) is 163 Å². The predicted octanol–water partition coefficient (Wildman–Crippen LogP) is 10.6. The maximum Gasteiger partial charge on any atom is 0.137 e. The van der Waals surface area contributed by atoms with Gasteiger partial charge in [0.1, 0.15) is 11.9 Å². The van der Waals surface area contributed by atoms with Gasteiger partial charge < -0.3 is 14.8 Å². The molecule has 0 fully saturated rings. The molecule has 3 atom stereocenters. The van der Waals surface area contributed by atoms with Crippen molar-refractivity contribution in [3.8, 4) is 16.8 Å². The molecule has 48 heavy (non-hydrogen) atoms. The summed E-state index contributed by atoms with van der Waals surface area (Å²) in [6.45, 7) is 0. The lowest BCUT2D eigenvalue weighted by Crippen LogP contribution is -2.44. The lowest BCUT2D eigenvalue weighted by molar-refractivity contribution is 0.757. The summed E-state index contributed by atoms with van der Waals surface area (Å²) in [5.74, 6) is 1.17. The van der Waals surface area contributed by atoms with E-state index in [1.807, 2.05) is 0 Å². The first kappa shape index (κ1) is 26.0. The smallest absolute Gasteiger partial charge is 0.137 e. The molecule has 1 aromatic heterocycles. The normalized spacial score (nSPS) is 19.8. The maximum absolute atomic E-state index is 5.47. The van der Waals surface area contributed by atoms with Gasteiger partial charge in [0.25, 0.3) is 0 Å². The van der Waals surface area contributed by atoms with Crippen LogP contribution < -0.4 is 10.2 Å². The minimum atomic E-state index is -0.0969. The van der Waals surface area contributed by atoms with Crippen molar-refractivity contribution >= 4 is 50.3 Å². The van der Waals surface area contributed by atoms with Crippen molar-refractivity contribution in [1.82, 2.24) is 4.57 Å². The van der Waals surface area contributed by atoms with Crippen LogP contribution in [0.2, 0.25) is 0 Å². The van der Waals surface area contributed by atoms with Gasteiger partial charge in [-0.15, -0.1) is 0 Å². The van der Waals surface area contributed by atoms with Crippen molar-refractivity contribution in [2.75, 3.05) is 10.2 Å². The Morgan fingerprint density at radius 1 is 0.604 bits per heavy atom. The Kier molecular flexibility index (Phi) is 5.25. The molecule has 0 bridgehead atoms. The summed E-state index contributed by atoms with van der Waals surface area (Å²) in [5, 5.41) is 6.53. The average molecular weight is 615 g/mol. The molecular weight excluding hydrogens is 585 g/mol. The number of hydrogen-bond acceptors (Lipinski definition) is 3. The SMILES string of the molecule is C1=CC2C3C(=C1)c1cccc4c1c1c(cccc1n4-c1ccccc1)-c1cccc(c13)N2C1=Nc2ccccc2NC1c1ccccc1. The van der Waals surface area contributed by atoms with Crippen LogP contribution in [0, 0.1) is 0 Å². The molecule has 11 rings (SSSR count). The summed E-state index contributed by atoms with van der Waals surface area (Å²) in [6.07, 6.45) is 7.03. The van der Waals surface area contributed by atoms with E-state index in [0.717, 1.165) is 17.2 Å². The van der Waals surface area contributed by atoms with Crippen LogP contribution >= 0.6 is 0 Å². The number of fused-ring (bicyclic) bond motifs is 3. The third-order valence-corrected chi connectivity index (χ3v) is 10.7. The van der Waals surface area contributed by atoms with Gasteiger partial charge in [0.05, 0.1) is 28.5 Å². The van der Waals surface area contributed by atoms with Gasteiger partial charge in [0.2, 0.25) is 0 Å². The number of hydrogen-bond donors (Lipinski definition) is 1. The van der Waals surface area contributed by atoms with Crippen molar-refractivity contribution in [2.24, 2.45) is 4.99 Å². The minimum Gasteiger partial charge on any atom is -0.370 e. The summed E-state index contributed by atoms with van der Waals surface area (Å²) >= 11 is 0. The van der Waals surface area contributed by atoms with Crippen molar-refractivity contribution in [1.29, 1.82) is 0 Å². The van der Waals surface area contributed by atoms with E-state index in [4.69, 9.17) is 4.99 Å². The van der Waals surface area contributed by atoms with Gasteiger partial charge in [-0.2, -0.15) is 0 Å². The van der Waals surface area contributed by atoms with Crippen LogP contribution in [-0.2, 0) is 0 Å². The first-order valence-electron chi connectivity index (χ1n) is 16.8. The number of rotatable bonds is 2. The molecule has 3 heterocycles. The fourth-order valence-corrected chi connectivity index (χ4v) is 8.85. The van der Waals surface area contributed by atoms with Gasteiger partial charge >= 0.3 is 0 Å². The second kappa shape index (κ2) is 9.69. The van der Waals surface area contributed by atoms with E-state index in [1.165, 1.54) is 66.6 Å². The molecule has 226 valence electrons. The fourth-order valence-electron chi connectivity index (χ4n) is 8.85. The van der Waals surface area contributed by atoms with Gasteiger partial charge in [-0.1, -0.05) is 115 Å². The Hall–Kier alpha value is -6.13. The van der Waals surface area contributed by atoms with E-state index in [1.54, 1.807) is 0 Å². The largest absolute Gasteiger partial charge is 0.370 e. The molecular formula is C44H30N4. The van der Waals surface area contributed by atoms with Gasteiger partial charge in [-0.3, -0.25) is 0 Å². The molecule has 2 aliphatic heterocycles. The Morgan fingerprint density at radius 2 is 1.29 bits per heavy atom. The second-order valence-electron chi connectivity index (χ2n) is 13.1. The Morgan fingerprint density at radius 3 is 2.12 bits per heavy atom. The zero-order valence-corrected chi connectivity index (χ0v) is 26.1. The zero-order chi connectivity index (χ0) is 31.3. The van der Waals surface area contributed by atoms with E-state index >= 15 is 0 Å². The van der Waals surface area contributed by atoms with Crippen molar-refractivity contribution in [3.05, 3.63) is 174 Å². The zero-order valence-electron chi connectivity index (χ0n) is 26.1. The third kappa shape index (κ3) is 3.41. The lowest BCUT2D eigenvalue weighted by atomic mass is 9.75. The summed E-state index contributed by atoms with van der Waals surface area (Å²) in [7, 11) is 0. The fraction of sp³-hybridized carbons (Fsp3) is 0.0682. The summed E-state index contributed by atoms with van der Waals surface area (Å²) in [6, 6.07) is 50.5. The van der Waals surface area contributed by atoms with Crippen LogP contribution in [0.1, 0.15) is 28.7 Å². The number of amidine groups is 1. The molecule has 2 aliphatic carbocycles. The second-order valence-corrected chi connectivity index (χ2v) is 13.1. The van der Waals surface area contributed by atoms with Gasteiger partial charge in [-0.05, 0) is 75.9 Å². The van der Waals surface area contributed by atoms with Crippen LogP contribution in [0.3, 0.4) is 0 Å². The quantitative estimate of drug-likeness (QED) is 0.210. The molecule has 0 radical (unpaired) electrons. The highest BCUT2D eigenvalue weighted by atomic mass is 15.3. The van der Waals surface area contributed by atoms with E-state index < -0.39 is 0 Å². The number of aromatic nitrogens is 1. The van der Waals surface area contributed by atoms with Crippen molar-refractivity contribution in [2.45, 2.75) is 18.0 Å². The number of nitrogens with one attached hydrogen (secondary N) is 1. The number of para-hydroxylation sites is 3. The third-order valence-electron chi connectivity index (χ3n) is 10.7. The number of nitrogens with zero attached hydrogens (tertiary/aromatic N) is 3. The monoisotopic (exact) mass is 614 g/mol. The molecule has 0 saturated heterocycles. The van der Waals surface area contributed by atoms with E-state index in [9.17, 15) is 0 Å². The molecule has 6 aromatic carbocycles. The van der Waals surface area contributed by atoms with Crippen LogP contribution in [0.25, 0.3) is 44.2 Å². The summed E-state index contributed by atoms with van der Waals surface area (Å²) in [5.41, 5.74) is 14.8. The Balaban J connectivity index is 1.22. The average Bonchev–Trinajstić information content (AvgIpc) is 3.68. The first-order valence-corrected chi connectivity index (χ1v) is 16.8. The topological polar surface area (TPSA) is 32.6 Å². The lowest BCUT2D eigenvalue weighted by Gasteiger charge is -2.37. The van der Waals surface area contributed by atoms with Crippen molar-refractivity contribution < 1.29 is 0 Å². The number of anilines is 2. The summed E-state index contributed by atoms with van der Waals surface area (Å²) < 4.78 is 2.45. The Bertz CT molecular complexity index is 2550. The molecule has 3 unspecified atom stereocenters. The first-order chi connectivity index (χ1) is 23.8. The van der Waals surface area contributed by atoms with Gasteiger partial charge in [-0.25, -0.2) is 4.99 Å². The summed E-state index contributed by atoms with van der Waals surface area (Å²) in [4.78, 5) is 8.01. The molecule has 4 aliphatic rings. The standard InChI is InChI=1S/C44H30N4/c1-3-13-27(14-4-1)43-44(46-34-22-8-7-21-33(34)45-43)48-37-25-11-19-31-29-17-9-23-35-39(29)40-30(32-20-12-26-38(48)42(32)41(31)37)18-10-24-36(40)47(35)28-15-5-2-6-16-28/h1-26,37,41,43,45H. The molecule has 4 heteroatoms. The van der Waals surface area contributed by atoms with Gasteiger partial charge in [0, 0.05) is 28.1 Å². The molecule has 0 spiro atoms. The van der Waals surface area contributed by atoms with Crippen LogP contribution in [0.5, 0.6) is 0 Å². The van der Waals surface area contributed by atoms with Crippen molar-refractivity contribution in [3.63, 3.8) is 0 Å². The Labute approximate surface area is 278 Å². The minimum absolute atomic E-state index is 0.0744. The number of allylic oxidation sites excluding steroid dienone is 2. The van der Waals surface area contributed by atoms with E-state index in [2.05, 4.69) is 173 Å². The molecule has 4 nitrogen and oxygen atoms in total. The highest BCUT2D eigenvalue weighted by Gasteiger charge is 2.47. The molecule has 0 saturated carbocycles. The highest BCUT2D eigenvalue weighted by molar-refractivity contribution is 6.22. The van der Waals surface area contributed by atoms with E-state index in [-0.39, 0.29) is 18.0 Å². The van der Waals surface area contributed by atoms with Crippen LogP contribution in [-0.4, -0.2) is 16.4 Å². The molecule has 0 amide bonds.